The molecular weight excluding hydrogens is 300 g/mol. The van der Waals surface area contributed by atoms with Crippen LogP contribution in [0, 0.1) is 0 Å². The molecule has 20 heavy (non-hydrogen) atoms. The first-order valence-electron chi connectivity index (χ1n) is 5.96. The number of carbonyl (C=O) groups excluding carboxylic acids is 1. The number of thioether (sulfide) groups is 1. The molecule has 0 aromatic carbocycles. The second-order valence-electron chi connectivity index (χ2n) is 4.98. The number of nitrogens with zero attached hydrogens (tertiary/aromatic N) is 1. The SMILES string of the molecule is CC(C)(C)OC(=O)NC(CSCc1nccs1)C(=O)O. The van der Waals surface area contributed by atoms with E-state index < -0.39 is 23.7 Å². The summed E-state index contributed by atoms with van der Waals surface area (Å²) in [4.78, 5) is 26.8. The summed E-state index contributed by atoms with van der Waals surface area (Å²) in [5.41, 5.74) is -0.652. The van der Waals surface area contributed by atoms with Crippen molar-refractivity contribution in [1.82, 2.24) is 10.3 Å². The van der Waals surface area contributed by atoms with E-state index in [4.69, 9.17) is 9.84 Å². The minimum Gasteiger partial charge on any atom is -0.480 e. The van der Waals surface area contributed by atoms with Gasteiger partial charge in [0.15, 0.2) is 0 Å². The Morgan fingerprint density at radius 3 is 2.75 bits per heavy atom. The highest BCUT2D eigenvalue weighted by atomic mass is 32.2. The van der Waals surface area contributed by atoms with Crippen molar-refractivity contribution in [3.8, 4) is 0 Å². The van der Waals surface area contributed by atoms with Crippen LogP contribution in [0.1, 0.15) is 25.8 Å². The zero-order valence-electron chi connectivity index (χ0n) is 11.6. The number of ether oxygens (including phenoxy) is 1. The first kappa shape index (κ1) is 16.8. The number of amides is 1. The van der Waals surface area contributed by atoms with Crippen molar-refractivity contribution in [3.63, 3.8) is 0 Å². The number of hydrogen-bond donors (Lipinski definition) is 2. The number of aliphatic carboxylic acids is 1. The molecule has 0 aliphatic rings. The zero-order valence-corrected chi connectivity index (χ0v) is 13.2. The second-order valence-corrected chi connectivity index (χ2v) is 6.99. The van der Waals surface area contributed by atoms with Crippen molar-refractivity contribution in [1.29, 1.82) is 0 Å². The number of alkyl carbamates (subject to hydrolysis) is 1. The van der Waals surface area contributed by atoms with E-state index >= 15 is 0 Å². The topological polar surface area (TPSA) is 88.5 Å². The average molecular weight is 318 g/mol. The zero-order chi connectivity index (χ0) is 15.2. The minimum absolute atomic E-state index is 0.258. The van der Waals surface area contributed by atoms with Crippen LogP contribution in [0.4, 0.5) is 4.79 Å². The normalized spacial score (nSPS) is 12.8. The summed E-state index contributed by atoms with van der Waals surface area (Å²) in [5, 5.41) is 14.2. The summed E-state index contributed by atoms with van der Waals surface area (Å²) in [6.07, 6.45) is 0.980. The third-order valence-corrected chi connectivity index (χ3v) is 3.99. The average Bonchev–Trinajstić information content (AvgIpc) is 2.77. The van der Waals surface area contributed by atoms with E-state index in [1.165, 1.54) is 23.1 Å². The van der Waals surface area contributed by atoms with Gasteiger partial charge in [-0.25, -0.2) is 14.6 Å². The first-order chi connectivity index (χ1) is 9.28. The Balaban J connectivity index is 2.40. The smallest absolute Gasteiger partial charge is 0.408 e. The van der Waals surface area contributed by atoms with Gasteiger partial charge in [0.1, 0.15) is 16.7 Å². The fraction of sp³-hybridized carbons (Fsp3) is 0.583. The summed E-state index contributed by atoms with van der Waals surface area (Å²) in [6.45, 7) is 5.17. The van der Waals surface area contributed by atoms with Crippen molar-refractivity contribution >= 4 is 35.2 Å². The third-order valence-electron chi connectivity index (χ3n) is 1.98. The summed E-state index contributed by atoms with van der Waals surface area (Å²) >= 11 is 2.92. The molecule has 1 unspecified atom stereocenters. The molecule has 0 aliphatic heterocycles. The number of carboxylic acid groups (broad SMARTS) is 1. The fourth-order valence-corrected chi connectivity index (χ4v) is 2.96. The minimum atomic E-state index is -1.08. The van der Waals surface area contributed by atoms with Gasteiger partial charge in [0.25, 0.3) is 0 Å². The second kappa shape index (κ2) is 7.49. The molecule has 1 amide bonds. The van der Waals surface area contributed by atoms with Gasteiger partial charge in [-0.2, -0.15) is 11.8 Å². The van der Waals surface area contributed by atoms with Crippen LogP contribution >= 0.6 is 23.1 Å². The molecule has 0 bridgehead atoms. The van der Waals surface area contributed by atoms with Crippen molar-refractivity contribution in [2.45, 2.75) is 38.2 Å². The number of hydrogen-bond acceptors (Lipinski definition) is 6. The van der Waals surface area contributed by atoms with Crippen LogP contribution in [0.2, 0.25) is 0 Å². The Hall–Kier alpha value is -1.28. The molecule has 1 aromatic rings. The van der Waals surface area contributed by atoms with Gasteiger partial charge in [0, 0.05) is 23.1 Å². The number of nitrogens with one attached hydrogen (secondary N) is 1. The lowest BCUT2D eigenvalue weighted by molar-refractivity contribution is -0.138. The molecule has 1 atom stereocenters. The van der Waals surface area contributed by atoms with Crippen LogP contribution in [-0.4, -0.2) is 39.5 Å². The lowest BCUT2D eigenvalue weighted by Crippen LogP contribution is -2.44. The molecule has 8 heteroatoms. The van der Waals surface area contributed by atoms with Crippen molar-refractivity contribution in [2.75, 3.05) is 5.75 Å². The maximum absolute atomic E-state index is 11.5. The van der Waals surface area contributed by atoms with E-state index in [1.807, 2.05) is 5.38 Å². The first-order valence-corrected chi connectivity index (χ1v) is 8.00. The molecule has 112 valence electrons. The Kier molecular flexibility index (Phi) is 6.28. The van der Waals surface area contributed by atoms with E-state index in [2.05, 4.69) is 10.3 Å². The van der Waals surface area contributed by atoms with E-state index in [0.717, 1.165) is 5.01 Å². The number of carbonyl (C=O) groups is 2. The fourth-order valence-electron chi connectivity index (χ4n) is 1.21. The van der Waals surface area contributed by atoms with Gasteiger partial charge >= 0.3 is 12.1 Å². The van der Waals surface area contributed by atoms with Crippen LogP contribution in [0.15, 0.2) is 11.6 Å². The van der Waals surface area contributed by atoms with Gasteiger partial charge in [-0.15, -0.1) is 11.3 Å². The molecule has 0 fully saturated rings. The Morgan fingerprint density at radius 1 is 1.55 bits per heavy atom. The summed E-state index contributed by atoms with van der Waals surface area (Å²) < 4.78 is 5.04. The molecule has 2 N–H and O–H groups in total. The highest BCUT2D eigenvalue weighted by molar-refractivity contribution is 7.98. The highest BCUT2D eigenvalue weighted by Gasteiger charge is 2.23. The molecule has 1 aromatic heterocycles. The molecule has 0 saturated carbocycles. The Labute approximate surface area is 125 Å². The number of rotatable bonds is 6. The molecule has 0 spiro atoms. The van der Waals surface area contributed by atoms with Gasteiger partial charge < -0.3 is 15.2 Å². The standard InChI is InChI=1S/C12H18N2O4S2/c1-12(2,3)18-11(17)14-8(10(15)16)6-19-7-9-13-4-5-20-9/h4-5,8H,6-7H2,1-3H3,(H,14,17)(H,15,16). The van der Waals surface area contributed by atoms with Crippen molar-refractivity contribution in [3.05, 3.63) is 16.6 Å². The van der Waals surface area contributed by atoms with Crippen LogP contribution in [0.3, 0.4) is 0 Å². The van der Waals surface area contributed by atoms with Crippen molar-refractivity contribution in [2.24, 2.45) is 0 Å². The maximum atomic E-state index is 11.5. The number of thiazole rings is 1. The van der Waals surface area contributed by atoms with Gasteiger partial charge in [-0.05, 0) is 20.8 Å². The van der Waals surface area contributed by atoms with Crippen LogP contribution < -0.4 is 5.32 Å². The molecule has 6 nitrogen and oxygen atoms in total. The van der Waals surface area contributed by atoms with E-state index in [0.29, 0.717) is 5.75 Å². The Morgan fingerprint density at radius 2 is 2.25 bits per heavy atom. The van der Waals surface area contributed by atoms with Gasteiger partial charge in [-0.1, -0.05) is 0 Å². The molecule has 0 aliphatic carbocycles. The van der Waals surface area contributed by atoms with Crippen molar-refractivity contribution < 1.29 is 19.4 Å². The highest BCUT2D eigenvalue weighted by Crippen LogP contribution is 2.15. The predicted octanol–water partition coefficient (Wildman–Crippen LogP) is 2.35. The largest absolute Gasteiger partial charge is 0.480 e. The van der Waals surface area contributed by atoms with Gasteiger partial charge in [-0.3, -0.25) is 0 Å². The van der Waals surface area contributed by atoms with Crippen LogP contribution in [-0.2, 0) is 15.3 Å². The molecule has 1 heterocycles. The molecule has 1 rings (SSSR count). The van der Waals surface area contributed by atoms with Gasteiger partial charge in [0.2, 0.25) is 0 Å². The summed E-state index contributed by atoms with van der Waals surface area (Å²) in [7, 11) is 0. The van der Waals surface area contributed by atoms with Crippen LogP contribution in [0.5, 0.6) is 0 Å². The monoisotopic (exact) mass is 318 g/mol. The number of carboxylic acids is 1. The van der Waals surface area contributed by atoms with Gasteiger partial charge in [0.05, 0.1) is 0 Å². The maximum Gasteiger partial charge on any atom is 0.408 e. The summed E-state index contributed by atoms with van der Waals surface area (Å²) in [5.74, 6) is -0.200. The van der Waals surface area contributed by atoms with E-state index in [-0.39, 0.29) is 5.75 Å². The molecule has 0 saturated heterocycles. The molecular formula is C12H18N2O4S2. The molecule has 0 radical (unpaired) electrons. The van der Waals surface area contributed by atoms with E-state index in [1.54, 1.807) is 27.0 Å². The van der Waals surface area contributed by atoms with E-state index in [9.17, 15) is 9.59 Å². The van der Waals surface area contributed by atoms with Crippen LogP contribution in [0.25, 0.3) is 0 Å². The number of aromatic nitrogens is 1. The third kappa shape index (κ3) is 6.76. The summed E-state index contributed by atoms with van der Waals surface area (Å²) in [6, 6.07) is -0.977. The predicted molar refractivity (Wildman–Crippen MR) is 79.1 cm³/mol. The Bertz CT molecular complexity index is 443. The lowest BCUT2D eigenvalue weighted by atomic mass is 10.2. The lowest BCUT2D eigenvalue weighted by Gasteiger charge is -2.21. The quantitative estimate of drug-likeness (QED) is 0.837.